The largest absolute Gasteiger partial charge is 0.356 e. The number of nitrogens with two attached hydrogens (primary N) is 1. The van der Waals surface area contributed by atoms with Gasteiger partial charge in [0.2, 0.25) is 0 Å². The zero-order valence-corrected chi connectivity index (χ0v) is 12.6. The summed E-state index contributed by atoms with van der Waals surface area (Å²) in [6, 6.07) is 7.90. The Morgan fingerprint density at radius 2 is 1.90 bits per heavy atom. The molecule has 0 aliphatic carbocycles. The minimum atomic E-state index is -0.822. The number of carbonyl (C=O) groups is 1. The van der Waals surface area contributed by atoms with Crippen LogP contribution in [0.15, 0.2) is 29.3 Å². The summed E-state index contributed by atoms with van der Waals surface area (Å²) >= 11 is 0. The van der Waals surface area contributed by atoms with E-state index in [1.54, 1.807) is 11.9 Å². The fourth-order valence-electron chi connectivity index (χ4n) is 3.00. The molecule has 1 saturated heterocycles. The summed E-state index contributed by atoms with van der Waals surface area (Å²) in [5, 5.41) is 0. The molecule has 0 radical (unpaired) electrons. The predicted molar refractivity (Wildman–Crippen MR) is 84.3 cm³/mol. The number of aliphatic imine (C=N–C) groups is 1. The van der Waals surface area contributed by atoms with Gasteiger partial charge in [-0.15, -0.1) is 0 Å². The van der Waals surface area contributed by atoms with Gasteiger partial charge >= 0.3 is 0 Å². The number of amidine groups is 1. The smallest absolute Gasteiger partial charge is 0.266 e. The number of nitrogens with zero attached hydrogens (tertiary/aromatic N) is 3. The van der Waals surface area contributed by atoms with Crippen LogP contribution in [0.1, 0.15) is 25.3 Å². The molecule has 2 N–H and O–H groups in total. The lowest BCUT2D eigenvalue weighted by molar-refractivity contribution is -0.119. The quantitative estimate of drug-likeness (QED) is 0.784. The Morgan fingerprint density at radius 3 is 2.62 bits per heavy atom. The lowest BCUT2D eigenvalue weighted by Crippen LogP contribution is -2.41. The molecule has 0 spiro atoms. The molecule has 1 atom stereocenters. The second kappa shape index (κ2) is 5.48. The predicted octanol–water partition coefficient (Wildman–Crippen LogP) is 1.43. The number of likely N-dealkylation sites (N-methyl/N-ethyl adjacent to an activating group) is 1. The van der Waals surface area contributed by atoms with E-state index in [-0.39, 0.29) is 5.91 Å². The number of piperidine rings is 1. The first kappa shape index (κ1) is 14.1. The number of fused-ring (bicyclic) bond motifs is 1. The maximum atomic E-state index is 12.3. The molecule has 2 aliphatic rings. The maximum Gasteiger partial charge on any atom is 0.266 e. The molecule has 2 heterocycles. The van der Waals surface area contributed by atoms with Crippen molar-refractivity contribution in [3.63, 3.8) is 0 Å². The van der Waals surface area contributed by atoms with Crippen molar-refractivity contribution in [1.29, 1.82) is 0 Å². The molecule has 3 rings (SSSR count). The van der Waals surface area contributed by atoms with Crippen molar-refractivity contribution in [2.45, 2.75) is 25.9 Å². The van der Waals surface area contributed by atoms with E-state index in [1.807, 2.05) is 24.3 Å². The highest BCUT2D eigenvalue weighted by Gasteiger charge is 2.30. The topological polar surface area (TPSA) is 61.9 Å². The SMILES string of the molecule is CC1CCN(C2=NC(N)C(=O)N(C)c3ccccc32)CC1. The maximum absolute atomic E-state index is 12.3. The fraction of sp³-hybridized carbons (Fsp3) is 0.500. The van der Waals surface area contributed by atoms with Gasteiger partial charge in [0.15, 0.2) is 6.17 Å². The number of likely N-dealkylation sites (tertiary alicyclic amines) is 1. The molecule has 0 saturated carbocycles. The zero-order chi connectivity index (χ0) is 15.0. The van der Waals surface area contributed by atoms with Gasteiger partial charge in [0.05, 0.1) is 5.69 Å². The molecule has 2 aliphatic heterocycles. The molecule has 112 valence electrons. The van der Waals surface area contributed by atoms with Crippen LogP contribution in [0, 0.1) is 5.92 Å². The van der Waals surface area contributed by atoms with E-state index in [0.717, 1.165) is 48.9 Å². The Balaban J connectivity index is 2.03. The molecule has 5 heteroatoms. The third-order valence-corrected chi connectivity index (χ3v) is 4.43. The van der Waals surface area contributed by atoms with Crippen molar-refractivity contribution in [3.8, 4) is 0 Å². The Kier molecular flexibility index (Phi) is 3.68. The van der Waals surface area contributed by atoms with E-state index >= 15 is 0 Å². The van der Waals surface area contributed by atoms with E-state index in [0.29, 0.717) is 0 Å². The number of benzene rings is 1. The summed E-state index contributed by atoms with van der Waals surface area (Å²) in [5.74, 6) is 1.45. The summed E-state index contributed by atoms with van der Waals surface area (Å²) in [6.07, 6.45) is 1.48. The third kappa shape index (κ3) is 2.53. The number of para-hydroxylation sites is 1. The normalized spacial score (nSPS) is 23.7. The summed E-state index contributed by atoms with van der Waals surface area (Å²) in [6.45, 7) is 4.22. The third-order valence-electron chi connectivity index (χ3n) is 4.43. The number of rotatable bonds is 0. The van der Waals surface area contributed by atoms with Crippen LogP contribution in [-0.2, 0) is 4.79 Å². The fourth-order valence-corrected chi connectivity index (χ4v) is 3.00. The Labute approximate surface area is 125 Å². The molecule has 0 bridgehead atoms. The highest BCUT2D eigenvalue weighted by atomic mass is 16.2. The monoisotopic (exact) mass is 286 g/mol. The Hall–Kier alpha value is -1.88. The van der Waals surface area contributed by atoms with Crippen molar-refractivity contribution in [2.75, 3.05) is 25.0 Å². The van der Waals surface area contributed by atoms with Crippen molar-refractivity contribution >= 4 is 17.4 Å². The van der Waals surface area contributed by atoms with E-state index in [9.17, 15) is 4.79 Å². The molecule has 21 heavy (non-hydrogen) atoms. The molecule has 1 amide bonds. The van der Waals surface area contributed by atoms with Crippen LogP contribution in [0.5, 0.6) is 0 Å². The van der Waals surface area contributed by atoms with Crippen LogP contribution < -0.4 is 10.6 Å². The van der Waals surface area contributed by atoms with E-state index in [4.69, 9.17) is 5.73 Å². The molecule has 1 aromatic rings. The van der Waals surface area contributed by atoms with Crippen LogP contribution in [-0.4, -0.2) is 42.9 Å². The van der Waals surface area contributed by atoms with E-state index < -0.39 is 6.17 Å². The number of hydrogen-bond acceptors (Lipinski definition) is 4. The number of hydrogen-bond donors (Lipinski definition) is 1. The minimum absolute atomic E-state index is 0.164. The average molecular weight is 286 g/mol. The lowest BCUT2D eigenvalue weighted by Gasteiger charge is -2.33. The van der Waals surface area contributed by atoms with Gasteiger partial charge in [-0.2, -0.15) is 0 Å². The van der Waals surface area contributed by atoms with E-state index in [1.165, 1.54) is 0 Å². The summed E-state index contributed by atoms with van der Waals surface area (Å²) in [5.41, 5.74) is 7.85. The summed E-state index contributed by atoms with van der Waals surface area (Å²) in [7, 11) is 1.76. The minimum Gasteiger partial charge on any atom is -0.356 e. The standard InChI is InChI=1S/C16H22N4O/c1-11-7-9-20(10-8-11)15-12-5-3-4-6-13(12)19(2)16(21)14(17)18-15/h3-6,11,14H,7-10,17H2,1-2H3. The highest BCUT2D eigenvalue weighted by molar-refractivity contribution is 6.11. The molecular weight excluding hydrogens is 264 g/mol. The zero-order valence-electron chi connectivity index (χ0n) is 12.6. The van der Waals surface area contributed by atoms with Gasteiger partial charge in [-0.1, -0.05) is 19.1 Å². The van der Waals surface area contributed by atoms with Crippen molar-refractivity contribution < 1.29 is 4.79 Å². The van der Waals surface area contributed by atoms with Gasteiger partial charge in [0.1, 0.15) is 5.84 Å². The van der Waals surface area contributed by atoms with Crippen LogP contribution in [0.2, 0.25) is 0 Å². The first-order valence-electron chi connectivity index (χ1n) is 7.53. The van der Waals surface area contributed by atoms with Gasteiger partial charge in [-0.05, 0) is 30.9 Å². The first-order valence-corrected chi connectivity index (χ1v) is 7.53. The molecule has 0 aromatic heterocycles. The van der Waals surface area contributed by atoms with Gasteiger partial charge in [0, 0.05) is 25.7 Å². The van der Waals surface area contributed by atoms with Crippen molar-refractivity contribution in [1.82, 2.24) is 4.90 Å². The molecule has 5 nitrogen and oxygen atoms in total. The van der Waals surface area contributed by atoms with Crippen molar-refractivity contribution in [2.24, 2.45) is 16.6 Å². The van der Waals surface area contributed by atoms with Crippen molar-refractivity contribution in [3.05, 3.63) is 29.8 Å². The van der Waals surface area contributed by atoms with Crippen LogP contribution in [0.4, 0.5) is 5.69 Å². The summed E-state index contributed by atoms with van der Waals surface area (Å²) < 4.78 is 0. The highest BCUT2D eigenvalue weighted by Crippen LogP contribution is 2.27. The number of carbonyl (C=O) groups excluding carboxylic acids is 1. The van der Waals surface area contributed by atoms with Gasteiger partial charge in [-0.3, -0.25) is 4.79 Å². The molecular formula is C16H22N4O. The van der Waals surface area contributed by atoms with E-state index in [2.05, 4.69) is 16.8 Å². The molecule has 1 unspecified atom stereocenters. The van der Waals surface area contributed by atoms with Crippen LogP contribution in [0.25, 0.3) is 0 Å². The molecule has 1 fully saturated rings. The Bertz CT molecular complexity index is 575. The summed E-state index contributed by atoms with van der Waals surface area (Å²) in [4.78, 5) is 20.7. The Morgan fingerprint density at radius 1 is 1.24 bits per heavy atom. The van der Waals surface area contributed by atoms with Gasteiger partial charge < -0.3 is 15.5 Å². The second-order valence-electron chi connectivity index (χ2n) is 5.98. The first-order chi connectivity index (χ1) is 10.1. The van der Waals surface area contributed by atoms with Gasteiger partial charge in [-0.25, -0.2) is 4.99 Å². The number of benzodiazepines with no additional fused rings is 1. The van der Waals surface area contributed by atoms with Gasteiger partial charge in [0.25, 0.3) is 5.91 Å². The van der Waals surface area contributed by atoms with Crippen LogP contribution >= 0.6 is 0 Å². The number of anilines is 1. The molecule has 1 aromatic carbocycles. The average Bonchev–Trinajstić information content (AvgIpc) is 2.60. The number of amides is 1. The second-order valence-corrected chi connectivity index (χ2v) is 5.98. The van der Waals surface area contributed by atoms with Crippen LogP contribution in [0.3, 0.4) is 0 Å². The lowest BCUT2D eigenvalue weighted by atomic mass is 9.98.